The van der Waals surface area contributed by atoms with Gasteiger partial charge in [-0.3, -0.25) is 19.8 Å². The van der Waals surface area contributed by atoms with Gasteiger partial charge in [0, 0.05) is 5.56 Å². The number of hydrogen-bond donors (Lipinski definition) is 1. The second kappa shape index (κ2) is 8.47. The highest BCUT2D eigenvalue weighted by molar-refractivity contribution is 7.80. The zero-order valence-corrected chi connectivity index (χ0v) is 17.2. The van der Waals surface area contributed by atoms with Crippen molar-refractivity contribution < 1.29 is 14.3 Å². The first-order valence-electron chi connectivity index (χ1n) is 9.71. The first kappa shape index (κ1) is 19.8. The summed E-state index contributed by atoms with van der Waals surface area (Å²) in [5.41, 5.74) is 1.30. The molecule has 1 aliphatic heterocycles. The van der Waals surface area contributed by atoms with Crippen molar-refractivity contribution in [2.45, 2.75) is 13.3 Å². The van der Waals surface area contributed by atoms with E-state index in [1.54, 1.807) is 18.2 Å². The highest BCUT2D eigenvalue weighted by Gasteiger charge is 2.34. The predicted molar refractivity (Wildman–Crippen MR) is 122 cm³/mol. The van der Waals surface area contributed by atoms with Crippen LogP contribution in [0.25, 0.3) is 16.8 Å². The Balaban J connectivity index is 1.85. The highest BCUT2D eigenvalue weighted by atomic mass is 32.1. The third-order valence-corrected chi connectivity index (χ3v) is 5.08. The maximum atomic E-state index is 13.3. The number of nitrogens with zero attached hydrogens (tertiary/aromatic N) is 1. The molecule has 0 spiro atoms. The number of rotatable bonds is 5. The summed E-state index contributed by atoms with van der Waals surface area (Å²) in [6, 6.07) is 20.6. The molecule has 1 saturated heterocycles. The smallest absolute Gasteiger partial charge is 0.270 e. The number of hydrogen-bond acceptors (Lipinski definition) is 4. The maximum Gasteiger partial charge on any atom is 0.270 e. The quantitative estimate of drug-likeness (QED) is 0.379. The minimum absolute atomic E-state index is 0.00477. The Labute approximate surface area is 179 Å². The summed E-state index contributed by atoms with van der Waals surface area (Å²) >= 11 is 5.26. The van der Waals surface area contributed by atoms with Gasteiger partial charge in [-0.25, -0.2) is 0 Å². The predicted octanol–water partition coefficient (Wildman–Crippen LogP) is 4.46. The van der Waals surface area contributed by atoms with E-state index in [0.29, 0.717) is 23.6 Å². The SMILES string of the molecule is CCCOc1ccc2ccccc2c1/C=C1/C(=O)NC(=S)N(c2ccccc2)C1=O. The number of nitrogens with one attached hydrogen (secondary N) is 1. The molecule has 0 saturated carbocycles. The van der Waals surface area contributed by atoms with E-state index >= 15 is 0 Å². The molecule has 0 aliphatic carbocycles. The van der Waals surface area contributed by atoms with Crippen molar-refractivity contribution in [1.29, 1.82) is 0 Å². The number of fused-ring (bicyclic) bond motifs is 1. The van der Waals surface area contributed by atoms with Crippen molar-refractivity contribution in [3.8, 4) is 5.75 Å². The van der Waals surface area contributed by atoms with Crippen LogP contribution in [0.2, 0.25) is 0 Å². The molecule has 1 heterocycles. The molecule has 1 fully saturated rings. The van der Waals surface area contributed by atoms with E-state index in [9.17, 15) is 9.59 Å². The van der Waals surface area contributed by atoms with Gasteiger partial charge in [0.2, 0.25) is 0 Å². The topological polar surface area (TPSA) is 58.6 Å². The van der Waals surface area contributed by atoms with Gasteiger partial charge in [-0.05, 0) is 53.7 Å². The van der Waals surface area contributed by atoms with Crippen LogP contribution in [0.4, 0.5) is 5.69 Å². The summed E-state index contributed by atoms with van der Waals surface area (Å²) in [6.07, 6.45) is 2.45. The van der Waals surface area contributed by atoms with Crippen LogP contribution in [0, 0.1) is 0 Å². The van der Waals surface area contributed by atoms with Crippen LogP contribution < -0.4 is 15.0 Å². The lowest BCUT2D eigenvalue weighted by Gasteiger charge is -2.29. The summed E-state index contributed by atoms with van der Waals surface area (Å²) in [5.74, 6) is -0.362. The van der Waals surface area contributed by atoms with Gasteiger partial charge in [-0.2, -0.15) is 0 Å². The number of para-hydroxylation sites is 1. The lowest BCUT2D eigenvalue weighted by atomic mass is 9.99. The van der Waals surface area contributed by atoms with Crippen molar-refractivity contribution in [1.82, 2.24) is 5.32 Å². The number of anilines is 1. The molecule has 2 amide bonds. The van der Waals surface area contributed by atoms with Crippen LogP contribution in [-0.2, 0) is 9.59 Å². The highest BCUT2D eigenvalue weighted by Crippen LogP contribution is 2.32. The van der Waals surface area contributed by atoms with Crippen molar-refractivity contribution in [2.24, 2.45) is 0 Å². The standard InChI is InChI=1S/C24H20N2O3S/c1-2-14-29-21-13-12-16-8-6-7-11-18(16)19(21)15-20-22(27)25-24(30)26(23(20)28)17-9-4-3-5-10-17/h3-13,15H,2,14H2,1H3,(H,25,27,30)/b20-15-. The monoisotopic (exact) mass is 416 g/mol. The number of amides is 2. The molecule has 1 N–H and O–H groups in total. The number of carbonyl (C=O) groups excluding carboxylic acids is 2. The fraction of sp³-hybridized carbons (Fsp3) is 0.125. The molecule has 1 aliphatic rings. The molecule has 0 aromatic heterocycles. The van der Waals surface area contributed by atoms with E-state index in [4.69, 9.17) is 17.0 Å². The fourth-order valence-electron chi connectivity index (χ4n) is 3.38. The van der Waals surface area contributed by atoms with Gasteiger partial charge < -0.3 is 4.74 Å². The largest absolute Gasteiger partial charge is 0.493 e. The van der Waals surface area contributed by atoms with Gasteiger partial charge in [-0.1, -0.05) is 55.5 Å². The fourth-order valence-corrected chi connectivity index (χ4v) is 3.66. The molecule has 0 bridgehead atoms. The second-order valence-corrected chi connectivity index (χ2v) is 7.23. The van der Waals surface area contributed by atoms with E-state index in [1.165, 1.54) is 4.90 Å². The van der Waals surface area contributed by atoms with Crippen LogP contribution in [0.5, 0.6) is 5.75 Å². The number of carbonyl (C=O) groups is 2. The molecule has 3 aromatic rings. The van der Waals surface area contributed by atoms with Crippen LogP contribution in [-0.4, -0.2) is 23.5 Å². The molecule has 30 heavy (non-hydrogen) atoms. The van der Waals surface area contributed by atoms with Gasteiger partial charge in [0.25, 0.3) is 11.8 Å². The van der Waals surface area contributed by atoms with E-state index in [-0.39, 0.29) is 10.7 Å². The van der Waals surface area contributed by atoms with Crippen LogP contribution in [0.1, 0.15) is 18.9 Å². The molecular weight excluding hydrogens is 396 g/mol. The van der Waals surface area contributed by atoms with Gasteiger partial charge in [0.15, 0.2) is 5.11 Å². The summed E-state index contributed by atoms with van der Waals surface area (Å²) in [7, 11) is 0. The average Bonchev–Trinajstić information content (AvgIpc) is 2.76. The minimum atomic E-state index is -0.522. The maximum absolute atomic E-state index is 13.3. The molecule has 0 unspecified atom stereocenters. The summed E-state index contributed by atoms with van der Waals surface area (Å²) in [5, 5.41) is 4.59. The van der Waals surface area contributed by atoms with Gasteiger partial charge in [0.1, 0.15) is 11.3 Å². The van der Waals surface area contributed by atoms with E-state index in [0.717, 1.165) is 17.2 Å². The molecule has 5 nitrogen and oxygen atoms in total. The van der Waals surface area contributed by atoms with E-state index in [1.807, 2.05) is 61.5 Å². The Bertz CT molecular complexity index is 1170. The third-order valence-electron chi connectivity index (χ3n) is 4.80. The molecule has 6 heteroatoms. The molecule has 150 valence electrons. The van der Waals surface area contributed by atoms with Crippen molar-refractivity contribution in [3.05, 3.63) is 77.9 Å². The number of benzene rings is 3. The zero-order chi connectivity index (χ0) is 21.1. The number of ether oxygens (including phenoxy) is 1. The lowest BCUT2D eigenvalue weighted by molar-refractivity contribution is -0.122. The van der Waals surface area contributed by atoms with Crippen LogP contribution in [0.15, 0.2) is 72.3 Å². The van der Waals surface area contributed by atoms with Crippen molar-refractivity contribution >= 4 is 51.7 Å². The minimum Gasteiger partial charge on any atom is -0.493 e. The van der Waals surface area contributed by atoms with Crippen LogP contribution >= 0.6 is 12.2 Å². The first-order chi connectivity index (χ1) is 14.6. The molecular formula is C24H20N2O3S. The van der Waals surface area contributed by atoms with E-state index < -0.39 is 11.8 Å². The molecule has 4 rings (SSSR count). The average molecular weight is 417 g/mol. The Morgan fingerprint density at radius 1 is 1.00 bits per heavy atom. The van der Waals surface area contributed by atoms with Crippen molar-refractivity contribution in [3.63, 3.8) is 0 Å². The second-order valence-electron chi connectivity index (χ2n) is 6.84. The molecule has 0 radical (unpaired) electrons. The van der Waals surface area contributed by atoms with Gasteiger partial charge >= 0.3 is 0 Å². The van der Waals surface area contributed by atoms with Crippen molar-refractivity contribution in [2.75, 3.05) is 11.5 Å². The first-order valence-corrected chi connectivity index (χ1v) is 10.1. The van der Waals surface area contributed by atoms with E-state index in [2.05, 4.69) is 5.32 Å². The Hall–Kier alpha value is -3.51. The normalized spacial score (nSPS) is 15.6. The molecule has 0 atom stereocenters. The Morgan fingerprint density at radius 2 is 1.73 bits per heavy atom. The summed E-state index contributed by atoms with van der Waals surface area (Å²) in [6.45, 7) is 2.56. The zero-order valence-electron chi connectivity index (χ0n) is 16.4. The summed E-state index contributed by atoms with van der Waals surface area (Å²) < 4.78 is 5.91. The summed E-state index contributed by atoms with van der Waals surface area (Å²) in [4.78, 5) is 27.3. The van der Waals surface area contributed by atoms with Gasteiger partial charge in [0.05, 0.1) is 12.3 Å². The van der Waals surface area contributed by atoms with Gasteiger partial charge in [-0.15, -0.1) is 0 Å². The third kappa shape index (κ3) is 3.69. The van der Waals surface area contributed by atoms with Crippen LogP contribution in [0.3, 0.4) is 0 Å². The molecule has 3 aromatic carbocycles. The number of thiocarbonyl (C=S) groups is 1. The Morgan fingerprint density at radius 3 is 2.50 bits per heavy atom. The Kier molecular flexibility index (Phi) is 5.59. The lowest BCUT2D eigenvalue weighted by Crippen LogP contribution is -2.54.